The number of nitrogens with zero attached hydrogens (tertiary/aromatic N) is 2. The average Bonchev–Trinajstić information content (AvgIpc) is 2.68. The van der Waals surface area contributed by atoms with Crippen LogP contribution in [0.1, 0.15) is 103 Å². The van der Waals surface area contributed by atoms with Crippen molar-refractivity contribution in [2.75, 3.05) is 0 Å². The molecular formula is C24H39ClN2. The Kier molecular flexibility index (Phi) is 14.0. The number of aromatic nitrogens is 2. The first-order valence-electron chi connectivity index (χ1n) is 11.1. The van der Waals surface area contributed by atoms with E-state index in [1.807, 2.05) is 24.4 Å². The zero-order valence-electron chi connectivity index (χ0n) is 17.3. The molecule has 0 aliphatic heterocycles. The second-order valence-electron chi connectivity index (χ2n) is 7.70. The molecule has 0 amide bonds. The lowest BCUT2D eigenvalue weighted by molar-refractivity contribution is 0.535. The van der Waals surface area contributed by atoms with Gasteiger partial charge in [0.15, 0.2) is 0 Å². The van der Waals surface area contributed by atoms with E-state index in [9.17, 15) is 0 Å². The molecule has 2 aromatic rings. The van der Waals surface area contributed by atoms with Crippen LogP contribution in [0.3, 0.4) is 0 Å². The van der Waals surface area contributed by atoms with Gasteiger partial charge >= 0.3 is 0 Å². The molecule has 0 aliphatic carbocycles. The molecular weight excluding hydrogens is 352 g/mol. The van der Waals surface area contributed by atoms with Crippen LogP contribution in [-0.4, -0.2) is 9.97 Å². The van der Waals surface area contributed by atoms with Crippen LogP contribution >= 0.6 is 12.4 Å². The lowest BCUT2D eigenvalue weighted by Gasteiger charge is -2.04. The minimum absolute atomic E-state index is 0. The van der Waals surface area contributed by atoms with Crippen LogP contribution in [0.4, 0.5) is 0 Å². The minimum Gasteiger partial charge on any atom is -0.253 e. The molecule has 0 spiro atoms. The number of benzene rings is 1. The number of rotatable bonds is 15. The molecule has 3 heteroatoms. The van der Waals surface area contributed by atoms with E-state index >= 15 is 0 Å². The van der Waals surface area contributed by atoms with Gasteiger partial charge in [0.25, 0.3) is 0 Å². The van der Waals surface area contributed by atoms with Gasteiger partial charge in [0.05, 0.1) is 16.7 Å². The molecule has 0 atom stereocenters. The fraction of sp³-hybridized carbons (Fsp3) is 0.667. The Morgan fingerprint density at radius 1 is 0.630 bits per heavy atom. The minimum atomic E-state index is 0. The molecule has 2 nitrogen and oxygen atoms in total. The summed E-state index contributed by atoms with van der Waals surface area (Å²) in [7, 11) is 0. The van der Waals surface area contributed by atoms with Crippen LogP contribution in [0.2, 0.25) is 0 Å². The van der Waals surface area contributed by atoms with Crippen molar-refractivity contribution in [1.29, 1.82) is 0 Å². The normalized spacial score (nSPS) is 10.9. The molecule has 27 heavy (non-hydrogen) atoms. The van der Waals surface area contributed by atoms with Crippen molar-refractivity contribution in [1.82, 2.24) is 9.97 Å². The van der Waals surface area contributed by atoms with Crippen LogP contribution in [0.5, 0.6) is 0 Å². The monoisotopic (exact) mass is 390 g/mol. The van der Waals surface area contributed by atoms with Gasteiger partial charge in [-0.3, -0.25) is 4.98 Å². The molecule has 1 aromatic heterocycles. The van der Waals surface area contributed by atoms with E-state index in [1.165, 1.54) is 89.9 Å². The van der Waals surface area contributed by atoms with E-state index in [4.69, 9.17) is 4.98 Å². The third-order valence-corrected chi connectivity index (χ3v) is 5.28. The quantitative estimate of drug-likeness (QED) is 0.287. The highest BCUT2D eigenvalue weighted by Crippen LogP contribution is 2.14. The molecule has 0 aliphatic rings. The van der Waals surface area contributed by atoms with Crippen LogP contribution in [0.25, 0.3) is 11.0 Å². The second kappa shape index (κ2) is 15.9. The number of hydrogen-bond donors (Lipinski definition) is 0. The lowest BCUT2D eigenvalue weighted by Crippen LogP contribution is -1.93. The Bertz CT molecular complexity index is 600. The van der Waals surface area contributed by atoms with Gasteiger partial charge in [-0.05, 0) is 25.0 Å². The maximum Gasteiger partial charge on any atom is 0.0890 e. The van der Waals surface area contributed by atoms with Gasteiger partial charge in [-0.25, -0.2) is 4.98 Å². The first-order valence-corrected chi connectivity index (χ1v) is 11.1. The maximum atomic E-state index is 4.71. The van der Waals surface area contributed by atoms with Crippen molar-refractivity contribution in [2.24, 2.45) is 0 Å². The number of para-hydroxylation sites is 2. The molecule has 1 heterocycles. The third-order valence-electron chi connectivity index (χ3n) is 5.28. The number of halogens is 1. The first-order chi connectivity index (χ1) is 12.9. The fourth-order valence-corrected chi connectivity index (χ4v) is 3.62. The lowest BCUT2D eigenvalue weighted by atomic mass is 10.0. The zero-order valence-corrected chi connectivity index (χ0v) is 18.1. The van der Waals surface area contributed by atoms with Gasteiger partial charge in [0.2, 0.25) is 0 Å². The summed E-state index contributed by atoms with van der Waals surface area (Å²) in [5.41, 5.74) is 3.16. The SMILES string of the molecule is CCCCCCCCCCCCCCCCc1cnc2ccccc2n1.Cl. The molecule has 0 N–H and O–H groups in total. The smallest absolute Gasteiger partial charge is 0.0890 e. The van der Waals surface area contributed by atoms with Gasteiger partial charge in [-0.2, -0.15) is 0 Å². The van der Waals surface area contributed by atoms with Gasteiger partial charge in [0, 0.05) is 6.20 Å². The largest absolute Gasteiger partial charge is 0.253 e. The standard InChI is InChI=1S/C24H38N2.ClH/c1-2-3-4-5-6-7-8-9-10-11-12-13-14-15-18-22-21-25-23-19-16-17-20-24(23)26-22;/h16-17,19-21H,2-15,18H2,1H3;1H. The van der Waals surface area contributed by atoms with E-state index in [1.54, 1.807) is 0 Å². The molecule has 0 saturated heterocycles. The average molecular weight is 391 g/mol. The summed E-state index contributed by atoms with van der Waals surface area (Å²) in [6.07, 6.45) is 22.7. The summed E-state index contributed by atoms with van der Waals surface area (Å²) in [5, 5.41) is 0. The van der Waals surface area contributed by atoms with Crippen molar-refractivity contribution < 1.29 is 0 Å². The summed E-state index contributed by atoms with van der Waals surface area (Å²) in [6.45, 7) is 2.29. The van der Waals surface area contributed by atoms with Gasteiger partial charge < -0.3 is 0 Å². The number of unbranched alkanes of at least 4 members (excludes halogenated alkanes) is 13. The van der Waals surface area contributed by atoms with Crippen molar-refractivity contribution in [3.05, 3.63) is 36.2 Å². The van der Waals surface area contributed by atoms with Crippen molar-refractivity contribution >= 4 is 23.4 Å². The first kappa shape index (κ1) is 23.9. The van der Waals surface area contributed by atoms with Crippen molar-refractivity contribution in [3.8, 4) is 0 Å². The molecule has 0 fully saturated rings. The number of hydrogen-bond acceptors (Lipinski definition) is 2. The van der Waals surface area contributed by atoms with Gasteiger partial charge in [-0.15, -0.1) is 12.4 Å². The zero-order chi connectivity index (χ0) is 18.3. The topological polar surface area (TPSA) is 25.8 Å². The summed E-state index contributed by atoms with van der Waals surface area (Å²) in [4.78, 5) is 9.22. The highest BCUT2D eigenvalue weighted by atomic mass is 35.5. The van der Waals surface area contributed by atoms with Crippen LogP contribution in [-0.2, 0) is 6.42 Å². The van der Waals surface area contributed by atoms with E-state index in [2.05, 4.69) is 18.0 Å². The molecule has 0 bridgehead atoms. The fourth-order valence-electron chi connectivity index (χ4n) is 3.62. The predicted octanol–water partition coefficient (Wildman–Crippen LogP) is 8.08. The van der Waals surface area contributed by atoms with Crippen molar-refractivity contribution in [3.63, 3.8) is 0 Å². The third kappa shape index (κ3) is 10.7. The summed E-state index contributed by atoms with van der Waals surface area (Å²) >= 11 is 0. The molecule has 0 saturated carbocycles. The second-order valence-corrected chi connectivity index (χ2v) is 7.70. The number of aryl methyl sites for hydroxylation is 1. The Morgan fingerprint density at radius 3 is 1.67 bits per heavy atom. The molecule has 2 rings (SSSR count). The van der Waals surface area contributed by atoms with E-state index in [0.717, 1.165) is 23.1 Å². The predicted molar refractivity (Wildman–Crippen MR) is 121 cm³/mol. The molecule has 0 unspecified atom stereocenters. The van der Waals surface area contributed by atoms with Gasteiger partial charge in [0.1, 0.15) is 0 Å². The Balaban J connectivity index is 0.00000364. The molecule has 1 aromatic carbocycles. The highest BCUT2D eigenvalue weighted by Gasteiger charge is 2.00. The maximum absolute atomic E-state index is 4.71. The summed E-state index contributed by atoms with van der Waals surface area (Å²) in [5.74, 6) is 0. The van der Waals surface area contributed by atoms with E-state index in [0.29, 0.717) is 0 Å². The van der Waals surface area contributed by atoms with Crippen LogP contribution in [0, 0.1) is 0 Å². The van der Waals surface area contributed by atoms with E-state index < -0.39 is 0 Å². The molecule has 152 valence electrons. The van der Waals surface area contributed by atoms with Crippen LogP contribution < -0.4 is 0 Å². The van der Waals surface area contributed by atoms with E-state index in [-0.39, 0.29) is 12.4 Å². The number of fused-ring (bicyclic) bond motifs is 1. The Morgan fingerprint density at radius 2 is 1.11 bits per heavy atom. The summed E-state index contributed by atoms with van der Waals surface area (Å²) < 4.78 is 0. The Hall–Kier alpha value is -1.15. The summed E-state index contributed by atoms with van der Waals surface area (Å²) in [6, 6.07) is 8.13. The van der Waals surface area contributed by atoms with Crippen molar-refractivity contribution in [2.45, 2.75) is 103 Å². The Labute approximate surface area is 173 Å². The molecule has 0 radical (unpaired) electrons. The van der Waals surface area contributed by atoms with Crippen LogP contribution in [0.15, 0.2) is 30.5 Å². The van der Waals surface area contributed by atoms with Gasteiger partial charge in [-0.1, -0.05) is 103 Å². The highest BCUT2D eigenvalue weighted by molar-refractivity contribution is 5.85.